The Kier molecular flexibility index (Phi) is 1.81. The Morgan fingerprint density at radius 2 is 2.50 bits per heavy atom. The fraction of sp³-hybridized carbons (Fsp3) is 0.600. The molecule has 0 amide bonds. The molecule has 0 radical (unpaired) electrons. The molecule has 0 aromatic carbocycles. The molecule has 0 aromatic heterocycles. The minimum atomic E-state index is -1.68. The van der Waals surface area contributed by atoms with Crippen LogP contribution in [-0.4, -0.2) is 8.76 Å². The quantitative estimate of drug-likeness (QED) is 0.545. The second-order valence-electron chi connectivity index (χ2n) is 1.81. The summed E-state index contributed by atoms with van der Waals surface area (Å²) in [4.78, 5) is 0.699. The van der Waals surface area contributed by atoms with Crippen molar-refractivity contribution in [3.8, 4) is 0 Å². The molecule has 0 saturated heterocycles. The maximum atomic E-state index is 10.2. The Balaban J connectivity index is 2.57. The molecule has 0 fully saturated rings. The summed E-state index contributed by atoms with van der Waals surface area (Å²) in [6.07, 6.45) is 4.67. The predicted octanol–water partition coefficient (Wildman–Crippen LogP) is 1.28. The minimum Gasteiger partial charge on any atom is -0.302 e. The third kappa shape index (κ3) is 1.17. The first-order chi connectivity index (χ1) is 3.80. The van der Waals surface area contributed by atoms with E-state index in [1.54, 1.807) is 0 Å². The van der Waals surface area contributed by atoms with E-state index in [9.17, 15) is 4.21 Å². The van der Waals surface area contributed by atoms with Gasteiger partial charge in [-0.25, -0.2) is 4.21 Å². The zero-order chi connectivity index (χ0) is 5.98. The van der Waals surface area contributed by atoms with Crippen molar-refractivity contribution in [2.75, 3.05) is 0 Å². The average molecular weight is 132 g/mol. The highest BCUT2D eigenvalue weighted by Gasteiger charge is 2.07. The van der Waals surface area contributed by atoms with Crippen LogP contribution in [0.4, 0.5) is 0 Å². The molecule has 0 heterocycles. The maximum Gasteiger partial charge on any atom is 0.181 e. The summed E-state index contributed by atoms with van der Waals surface area (Å²) < 4.78 is 18.7. The lowest BCUT2D eigenvalue weighted by atomic mass is 10.4. The van der Waals surface area contributed by atoms with Crippen LogP contribution in [-0.2, 0) is 11.1 Å². The fourth-order valence-electron chi connectivity index (χ4n) is 0.800. The molecule has 8 heavy (non-hydrogen) atoms. The van der Waals surface area contributed by atoms with Gasteiger partial charge < -0.3 is 4.55 Å². The van der Waals surface area contributed by atoms with E-state index in [2.05, 4.69) is 0 Å². The van der Waals surface area contributed by atoms with Gasteiger partial charge in [0.2, 0.25) is 0 Å². The van der Waals surface area contributed by atoms with Gasteiger partial charge in [-0.05, 0) is 19.3 Å². The lowest BCUT2D eigenvalue weighted by molar-refractivity contribution is 0.570. The summed E-state index contributed by atoms with van der Waals surface area (Å²) in [5.41, 5.74) is 0. The Labute approximate surface area is 50.9 Å². The van der Waals surface area contributed by atoms with Gasteiger partial charge in [0.05, 0.1) is 0 Å². The first-order valence-electron chi connectivity index (χ1n) is 2.60. The van der Waals surface area contributed by atoms with Gasteiger partial charge in [-0.3, -0.25) is 0 Å². The second kappa shape index (κ2) is 2.42. The van der Waals surface area contributed by atoms with E-state index >= 15 is 0 Å². The van der Waals surface area contributed by atoms with Crippen LogP contribution in [0.15, 0.2) is 11.0 Å². The molecular weight excluding hydrogens is 124 g/mol. The van der Waals surface area contributed by atoms with Crippen LogP contribution < -0.4 is 0 Å². The van der Waals surface area contributed by atoms with Crippen molar-refractivity contribution in [1.82, 2.24) is 0 Å². The molecule has 0 bridgehead atoms. The zero-order valence-electron chi connectivity index (χ0n) is 4.46. The molecule has 1 atom stereocenters. The first-order valence-corrected chi connectivity index (χ1v) is 3.71. The van der Waals surface area contributed by atoms with Crippen LogP contribution in [0.3, 0.4) is 0 Å². The van der Waals surface area contributed by atoms with E-state index in [1.807, 2.05) is 6.08 Å². The number of hydrogen-bond acceptors (Lipinski definition) is 1. The van der Waals surface area contributed by atoms with E-state index in [-0.39, 0.29) is 0 Å². The highest BCUT2D eigenvalue weighted by atomic mass is 32.2. The average Bonchev–Trinajstić information content (AvgIpc) is 2.12. The molecule has 0 aliphatic heterocycles. The van der Waals surface area contributed by atoms with Crippen LogP contribution in [0, 0.1) is 0 Å². The van der Waals surface area contributed by atoms with Crippen molar-refractivity contribution in [1.29, 1.82) is 0 Å². The van der Waals surface area contributed by atoms with Gasteiger partial charge in [-0.1, -0.05) is 6.08 Å². The van der Waals surface area contributed by atoms with Crippen molar-refractivity contribution in [2.45, 2.75) is 19.3 Å². The molecule has 0 spiro atoms. The van der Waals surface area contributed by atoms with Gasteiger partial charge in [-0.2, -0.15) is 0 Å². The SMILES string of the molecule is O=S(O)C1=CCCC1. The van der Waals surface area contributed by atoms with Gasteiger partial charge in [-0.15, -0.1) is 0 Å². The zero-order valence-corrected chi connectivity index (χ0v) is 5.28. The maximum absolute atomic E-state index is 10.2. The van der Waals surface area contributed by atoms with E-state index in [4.69, 9.17) is 4.55 Å². The number of hydrogen-bond donors (Lipinski definition) is 1. The van der Waals surface area contributed by atoms with Gasteiger partial charge in [0.1, 0.15) is 0 Å². The largest absolute Gasteiger partial charge is 0.302 e. The van der Waals surface area contributed by atoms with E-state index in [0.29, 0.717) is 4.91 Å². The number of allylic oxidation sites excluding steroid dienone is 2. The highest BCUT2D eigenvalue weighted by molar-refractivity contribution is 7.83. The van der Waals surface area contributed by atoms with Gasteiger partial charge >= 0.3 is 0 Å². The summed E-state index contributed by atoms with van der Waals surface area (Å²) in [5, 5.41) is 0. The van der Waals surface area contributed by atoms with Gasteiger partial charge in [0.15, 0.2) is 11.1 Å². The molecular formula is C5H8O2S. The van der Waals surface area contributed by atoms with E-state index in [1.165, 1.54) is 0 Å². The molecule has 3 heteroatoms. The number of rotatable bonds is 1. The van der Waals surface area contributed by atoms with E-state index in [0.717, 1.165) is 19.3 Å². The first kappa shape index (κ1) is 5.98. The third-order valence-corrected chi connectivity index (χ3v) is 2.04. The van der Waals surface area contributed by atoms with Crippen molar-refractivity contribution < 1.29 is 8.76 Å². The Hall–Kier alpha value is -0.150. The smallest absolute Gasteiger partial charge is 0.181 e. The molecule has 2 nitrogen and oxygen atoms in total. The minimum absolute atomic E-state index is 0.699. The molecule has 0 saturated carbocycles. The predicted molar refractivity (Wildman–Crippen MR) is 32.7 cm³/mol. The lowest BCUT2D eigenvalue weighted by Gasteiger charge is -1.88. The fourth-order valence-corrected chi connectivity index (χ4v) is 1.38. The molecule has 46 valence electrons. The van der Waals surface area contributed by atoms with Crippen molar-refractivity contribution in [3.05, 3.63) is 11.0 Å². The molecule has 1 rings (SSSR count). The molecule has 1 aliphatic rings. The summed E-state index contributed by atoms with van der Waals surface area (Å²) in [5.74, 6) is 0. The van der Waals surface area contributed by atoms with Crippen molar-refractivity contribution in [3.63, 3.8) is 0 Å². The van der Waals surface area contributed by atoms with Crippen molar-refractivity contribution in [2.24, 2.45) is 0 Å². The second-order valence-corrected chi connectivity index (χ2v) is 2.83. The standard InChI is InChI=1S/C5H8O2S/c6-8(7)5-3-1-2-4-5/h3H,1-2,4H2,(H,6,7). The molecule has 1 N–H and O–H groups in total. The Bertz CT molecular complexity index is 139. The van der Waals surface area contributed by atoms with Gasteiger partial charge in [0, 0.05) is 4.91 Å². The highest BCUT2D eigenvalue weighted by Crippen LogP contribution is 2.18. The summed E-state index contributed by atoms with van der Waals surface area (Å²) in [7, 11) is 0. The van der Waals surface area contributed by atoms with Crippen LogP contribution in [0.25, 0.3) is 0 Å². The van der Waals surface area contributed by atoms with E-state index < -0.39 is 11.1 Å². The summed E-state index contributed by atoms with van der Waals surface area (Å²) in [6.45, 7) is 0. The van der Waals surface area contributed by atoms with Crippen LogP contribution in [0.5, 0.6) is 0 Å². The van der Waals surface area contributed by atoms with Crippen LogP contribution in [0.2, 0.25) is 0 Å². The molecule has 1 aliphatic carbocycles. The molecule has 1 unspecified atom stereocenters. The Morgan fingerprint density at radius 3 is 2.75 bits per heavy atom. The summed E-state index contributed by atoms with van der Waals surface area (Å²) >= 11 is -1.68. The Morgan fingerprint density at radius 1 is 1.75 bits per heavy atom. The normalized spacial score (nSPS) is 22.9. The van der Waals surface area contributed by atoms with Crippen LogP contribution in [0.1, 0.15) is 19.3 Å². The van der Waals surface area contributed by atoms with Crippen LogP contribution >= 0.6 is 0 Å². The lowest BCUT2D eigenvalue weighted by Crippen LogP contribution is -1.86. The monoisotopic (exact) mass is 132 g/mol. The van der Waals surface area contributed by atoms with Crippen molar-refractivity contribution >= 4 is 11.1 Å². The van der Waals surface area contributed by atoms with Gasteiger partial charge in [0.25, 0.3) is 0 Å². The summed E-state index contributed by atoms with van der Waals surface area (Å²) in [6, 6.07) is 0. The molecule has 0 aromatic rings. The third-order valence-electron chi connectivity index (χ3n) is 1.22. The topological polar surface area (TPSA) is 37.3 Å².